The Morgan fingerprint density at radius 3 is 2.57 bits per heavy atom. The number of nitrogens with one attached hydrogen (secondary N) is 1. The Kier molecular flexibility index (Phi) is 8.99. The van der Waals surface area contributed by atoms with Gasteiger partial charge in [0.25, 0.3) is 0 Å². The van der Waals surface area contributed by atoms with Crippen molar-refractivity contribution in [2.75, 3.05) is 11.1 Å². The number of aliphatic hydroxyl groups excluding tert-OH is 1. The van der Waals surface area contributed by atoms with E-state index in [1.807, 2.05) is 48.1 Å². The van der Waals surface area contributed by atoms with Crippen LogP contribution in [-0.4, -0.2) is 43.5 Å². The second kappa shape index (κ2) is 12.4. The fraction of sp³-hybridized carbons (Fsp3) is 0.370. The second-order valence-electron chi connectivity index (χ2n) is 9.02. The molecule has 2 heterocycles. The molecule has 4 atom stereocenters. The number of amides is 1. The minimum atomic E-state index is -1.02. The molecule has 3 N–H and O–H groups in total. The summed E-state index contributed by atoms with van der Waals surface area (Å²) in [5.74, 6) is -0.690. The predicted octanol–water partition coefficient (Wildman–Crippen LogP) is 4.30. The minimum absolute atomic E-state index is 0.0268. The topological polar surface area (TPSA) is 123 Å². The van der Waals surface area contributed by atoms with Crippen molar-refractivity contribution < 1.29 is 29.3 Å². The quantitative estimate of drug-likeness (QED) is 0.335. The van der Waals surface area contributed by atoms with Gasteiger partial charge in [-0.3, -0.25) is 9.59 Å². The SMILES string of the molecule is C[C@@H]1[C@H](CSc2nccn2C)O[C@H](c2cccc(NC(=O)CCC(=O)O)c2)O[C@@H]1c1ccc(CO)cc1. The Balaban J connectivity index is 1.55. The molecule has 0 aliphatic carbocycles. The van der Waals surface area contributed by atoms with E-state index in [2.05, 4.69) is 17.2 Å². The summed E-state index contributed by atoms with van der Waals surface area (Å²) in [6.07, 6.45) is 2.24. The Morgan fingerprint density at radius 1 is 1.11 bits per heavy atom. The third-order valence-electron chi connectivity index (χ3n) is 6.29. The number of aromatic nitrogens is 2. The third kappa shape index (κ3) is 6.98. The van der Waals surface area contributed by atoms with E-state index in [0.717, 1.165) is 21.8 Å². The fourth-order valence-corrected chi connectivity index (χ4v) is 5.26. The van der Waals surface area contributed by atoms with Crippen molar-refractivity contribution in [2.24, 2.45) is 13.0 Å². The number of carboxylic acid groups (broad SMARTS) is 1. The summed E-state index contributed by atoms with van der Waals surface area (Å²) in [6, 6.07) is 14.9. The van der Waals surface area contributed by atoms with E-state index >= 15 is 0 Å². The number of hydrogen-bond donors (Lipinski definition) is 3. The van der Waals surface area contributed by atoms with Crippen LogP contribution in [-0.2, 0) is 32.7 Å². The van der Waals surface area contributed by atoms with Crippen LogP contribution in [0.2, 0.25) is 0 Å². The first kappa shape index (κ1) is 26.9. The summed E-state index contributed by atoms with van der Waals surface area (Å²) in [7, 11) is 1.95. The van der Waals surface area contributed by atoms with Gasteiger partial charge in [-0.15, -0.1) is 0 Å². The maximum Gasteiger partial charge on any atom is 0.303 e. The Morgan fingerprint density at radius 2 is 1.89 bits per heavy atom. The normalized spacial score (nSPS) is 21.5. The maximum absolute atomic E-state index is 12.1. The number of aryl methyl sites for hydroxylation is 1. The van der Waals surface area contributed by atoms with Gasteiger partial charge in [0, 0.05) is 48.8 Å². The number of anilines is 1. The van der Waals surface area contributed by atoms with E-state index in [1.54, 1.807) is 36.2 Å². The van der Waals surface area contributed by atoms with E-state index < -0.39 is 12.3 Å². The average Bonchev–Trinajstić information content (AvgIpc) is 3.31. The number of ether oxygens (including phenoxy) is 2. The molecular formula is C27H31N3O6S. The van der Waals surface area contributed by atoms with Gasteiger partial charge in [0.1, 0.15) is 0 Å². The van der Waals surface area contributed by atoms with Gasteiger partial charge in [0.2, 0.25) is 5.91 Å². The summed E-state index contributed by atoms with van der Waals surface area (Å²) >= 11 is 1.62. The molecule has 2 aromatic carbocycles. The predicted molar refractivity (Wildman–Crippen MR) is 139 cm³/mol. The molecule has 1 amide bonds. The molecule has 1 aliphatic rings. The number of hydrogen-bond acceptors (Lipinski definition) is 7. The first-order chi connectivity index (χ1) is 17.8. The zero-order valence-electron chi connectivity index (χ0n) is 20.7. The van der Waals surface area contributed by atoms with Gasteiger partial charge in [0.15, 0.2) is 11.4 Å². The summed E-state index contributed by atoms with van der Waals surface area (Å²) < 4.78 is 14.9. The number of carbonyl (C=O) groups is 2. The molecule has 1 fully saturated rings. The van der Waals surface area contributed by atoms with Gasteiger partial charge in [-0.2, -0.15) is 0 Å². The number of aliphatic carboxylic acids is 1. The van der Waals surface area contributed by atoms with Crippen molar-refractivity contribution in [3.63, 3.8) is 0 Å². The molecular weight excluding hydrogens is 494 g/mol. The van der Waals surface area contributed by atoms with Gasteiger partial charge in [0.05, 0.1) is 25.2 Å². The molecule has 37 heavy (non-hydrogen) atoms. The lowest BCUT2D eigenvalue weighted by molar-refractivity contribution is -0.268. The molecule has 196 valence electrons. The first-order valence-corrected chi connectivity index (χ1v) is 13.0. The Bertz CT molecular complexity index is 1210. The number of imidazole rings is 1. The van der Waals surface area contributed by atoms with Gasteiger partial charge in [-0.05, 0) is 23.3 Å². The molecule has 1 aliphatic heterocycles. The number of carbonyl (C=O) groups excluding carboxylic acids is 1. The number of thioether (sulfide) groups is 1. The smallest absolute Gasteiger partial charge is 0.303 e. The van der Waals surface area contributed by atoms with Crippen molar-refractivity contribution >= 4 is 29.3 Å². The lowest BCUT2D eigenvalue weighted by atomic mass is 9.91. The van der Waals surface area contributed by atoms with Crippen LogP contribution in [0, 0.1) is 5.92 Å². The molecule has 0 bridgehead atoms. The Labute approximate surface area is 219 Å². The molecule has 10 heteroatoms. The highest BCUT2D eigenvalue weighted by molar-refractivity contribution is 7.99. The zero-order valence-corrected chi connectivity index (χ0v) is 21.6. The monoisotopic (exact) mass is 525 g/mol. The zero-order chi connectivity index (χ0) is 26.4. The third-order valence-corrected chi connectivity index (χ3v) is 7.43. The van der Waals surface area contributed by atoms with Crippen molar-refractivity contribution in [1.82, 2.24) is 9.55 Å². The van der Waals surface area contributed by atoms with E-state index in [4.69, 9.17) is 14.6 Å². The van der Waals surface area contributed by atoms with Crippen LogP contribution in [0.15, 0.2) is 66.1 Å². The van der Waals surface area contributed by atoms with Crippen LogP contribution in [0.3, 0.4) is 0 Å². The van der Waals surface area contributed by atoms with E-state index in [1.165, 1.54) is 0 Å². The number of benzene rings is 2. The molecule has 9 nitrogen and oxygen atoms in total. The average molecular weight is 526 g/mol. The van der Waals surface area contributed by atoms with Crippen LogP contribution in [0.5, 0.6) is 0 Å². The largest absolute Gasteiger partial charge is 0.481 e. The summed E-state index contributed by atoms with van der Waals surface area (Å²) in [5, 5.41) is 21.9. The lowest BCUT2D eigenvalue weighted by Crippen LogP contribution is -2.38. The number of aliphatic hydroxyl groups is 1. The summed E-state index contributed by atoms with van der Waals surface area (Å²) in [6.45, 7) is 2.07. The minimum Gasteiger partial charge on any atom is -0.481 e. The number of nitrogens with zero attached hydrogens (tertiary/aromatic N) is 2. The molecule has 0 radical (unpaired) electrons. The molecule has 0 saturated carbocycles. The summed E-state index contributed by atoms with van der Waals surface area (Å²) in [5.41, 5.74) is 3.10. The molecule has 0 unspecified atom stereocenters. The van der Waals surface area contributed by atoms with Gasteiger partial charge >= 0.3 is 5.97 Å². The standard InChI is InChI=1S/C27H31N3O6S/c1-17-22(16-37-27-28-12-13-30(27)2)35-26(36-25(17)19-8-6-18(15-31)7-9-19)20-4-3-5-21(14-20)29-23(32)10-11-24(33)34/h3-9,12-14,17,22,25-26,31H,10-11,15-16H2,1-2H3,(H,29,32)(H,33,34)/t17-,22+,25+,26+/m1/s1. The van der Waals surface area contributed by atoms with Crippen molar-refractivity contribution in [2.45, 2.75) is 50.0 Å². The highest BCUT2D eigenvalue weighted by atomic mass is 32.2. The van der Waals surface area contributed by atoms with Gasteiger partial charge < -0.3 is 29.6 Å². The molecule has 4 rings (SSSR count). The van der Waals surface area contributed by atoms with Crippen molar-refractivity contribution in [1.29, 1.82) is 0 Å². The molecule has 1 aromatic heterocycles. The van der Waals surface area contributed by atoms with Crippen LogP contribution in [0.25, 0.3) is 0 Å². The maximum atomic E-state index is 12.1. The van der Waals surface area contributed by atoms with Gasteiger partial charge in [-0.25, -0.2) is 4.98 Å². The van der Waals surface area contributed by atoms with Crippen LogP contribution in [0.1, 0.15) is 48.8 Å². The van der Waals surface area contributed by atoms with Crippen LogP contribution < -0.4 is 5.32 Å². The Hall–Kier alpha value is -3.18. The molecule has 0 spiro atoms. The lowest BCUT2D eigenvalue weighted by Gasteiger charge is -2.41. The van der Waals surface area contributed by atoms with Crippen LogP contribution in [0.4, 0.5) is 5.69 Å². The van der Waals surface area contributed by atoms with E-state index in [-0.39, 0.29) is 43.5 Å². The van der Waals surface area contributed by atoms with Crippen LogP contribution >= 0.6 is 11.8 Å². The fourth-order valence-electron chi connectivity index (χ4n) is 4.16. The first-order valence-electron chi connectivity index (χ1n) is 12.1. The van der Waals surface area contributed by atoms with E-state index in [0.29, 0.717) is 11.4 Å². The molecule has 3 aromatic rings. The van der Waals surface area contributed by atoms with Gasteiger partial charge in [-0.1, -0.05) is 55.1 Å². The van der Waals surface area contributed by atoms with Crippen molar-refractivity contribution in [3.8, 4) is 0 Å². The number of rotatable bonds is 10. The van der Waals surface area contributed by atoms with E-state index in [9.17, 15) is 14.7 Å². The summed E-state index contributed by atoms with van der Waals surface area (Å²) in [4.78, 5) is 27.3. The number of carboxylic acids is 1. The van der Waals surface area contributed by atoms with Crippen molar-refractivity contribution in [3.05, 3.63) is 77.6 Å². The highest BCUT2D eigenvalue weighted by Gasteiger charge is 2.38. The molecule has 1 saturated heterocycles. The second-order valence-corrected chi connectivity index (χ2v) is 10.0. The highest BCUT2D eigenvalue weighted by Crippen LogP contribution is 2.43.